The number of imidazole rings is 1. The fraction of sp³-hybridized carbons (Fsp3) is 0.259. The van der Waals surface area contributed by atoms with Gasteiger partial charge in [0.1, 0.15) is 17.3 Å². The zero-order chi connectivity index (χ0) is 23.3. The van der Waals surface area contributed by atoms with Crippen molar-refractivity contribution in [2.75, 3.05) is 18.4 Å². The van der Waals surface area contributed by atoms with Gasteiger partial charge in [-0.15, -0.1) is 0 Å². The number of anilines is 1. The van der Waals surface area contributed by atoms with Gasteiger partial charge in [-0.3, -0.25) is 9.36 Å². The second-order valence-electron chi connectivity index (χ2n) is 8.55. The largest absolute Gasteiger partial charge is 0.348 e. The van der Waals surface area contributed by atoms with E-state index in [2.05, 4.69) is 29.4 Å². The molecule has 0 unspecified atom stereocenters. The number of piperidine rings is 1. The maximum Gasteiger partial charge on any atom is 0.274 e. The Morgan fingerprint density at radius 2 is 1.62 bits per heavy atom. The third-order valence-corrected chi connectivity index (χ3v) is 6.13. The molecule has 4 aromatic rings. The van der Waals surface area contributed by atoms with Crippen LogP contribution in [-0.2, 0) is 0 Å². The van der Waals surface area contributed by atoms with Crippen LogP contribution in [0.2, 0.25) is 0 Å². The number of carbonyl (C=O) groups excluding carboxylic acids is 1. The van der Waals surface area contributed by atoms with Gasteiger partial charge in [0, 0.05) is 31.0 Å². The number of carbonyl (C=O) groups is 1. The average Bonchev–Trinajstić information content (AvgIpc) is 3.36. The van der Waals surface area contributed by atoms with Crippen LogP contribution in [0.1, 0.15) is 48.3 Å². The molecule has 3 heterocycles. The van der Waals surface area contributed by atoms with Crippen molar-refractivity contribution in [3.05, 3.63) is 90.4 Å². The van der Waals surface area contributed by atoms with E-state index in [0.29, 0.717) is 23.3 Å². The molecule has 1 fully saturated rings. The molecule has 2 aromatic carbocycles. The molecular weight excluding hydrogens is 424 g/mol. The second-order valence-corrected chi connectivity index (χ2v) is 8.55. The van der Waals surface area contributed by atoms with Crippen LogP contribution in [0.4, 0.5) is 5.95 Å². The number of rotatable bonds is 6. The number of amides is 1. The van der Waals surface area contributed by atoms with Gasteiger partial charge in [0.05, 0.1) is 6.04 Å². The first-order valence-corrected chi connectivity index (χ1v) is 11.8. The summed E-state index contributed by atoms with van der Waals surface area (Å²) in [5.74, 6) is 1.83. The van der Waals surface area contributed by atoms with Gasteiger partial charge in [-0.05, 0) is 37.8 Å². The van der Waals surface area contributed by atoms with E-state index in [1.54, 1.807) is 12.4 Å². The van der Waals surface area contributed by atoms with Crippen molar-refractivity contribution < 1.29 is 4.79 Å². The zero-order valence-electron chi connectivity index (χ0n) is 19.3. The Labute approximate surface area is 199 Å². The minimum Gasteiger partial charge on any atom is -0.348 e. The lowest BCUT2D eigenvalue weighted by Crippen LogP contribution is -2.35. The van der Waals surface area contributed by atoms with Crippen molar-refractivity contribution >= 4 is 11.9 Å². The van der Waals surface area contributed by atoms with Gasteiger partial charge < -0.3 is 10.2 Å². The summed E-state index contributed by atoms with van der Waals surface area (Å²) in [5, 5.41) is 3.38. The van der Waals surface area contributed by atoms with Crippen molar-refractivity contribution in [3.8, 4) is 17.2 Å². The molecule has 7 nitrogen and oxygen atoms in total. The van der Waals surface area contributed by atoms with E-state index in [0.717, 1.165) is 37.1 Å². The van der Waals surface area contributed by atoms with E-state index in [1.165, 1.54) is 6.42 Å². The summed E-state index contributed by atoms with van der Waals surface area (Å²) in [6, 6.07) is 21.9. The lowest BCUT2D eigenvalue weighted by molar-refractivity contribution is 0.0719. The number of hydrogen-bond donors (Lipinski definition) is 1. The van der Waals surface area contributed by atoms with Crippen LogP contribution in [0.15, 0.2) is 79.1 Å². The maximum absolute atomic E-state index is 13.2. The molecule has 1 saturated heterocycles. The SMILES string of the molecule is C[C@H](Nc1nccc(-n2cc(C(=O)N3CCCCC3)nc2-c2ccccc2)n1)c1ccccc1. The first kappa shape index (κ1) is 21.8. The summed E-state index contributed by atoms with van der Waals surface area (Å²) in [6.07, 6.45) is 6.78. The van der Waals surface area contributed by atoms with Crippen LogP contribution in [-0.4, -0.2) is 43.4 Å². The van der Waals surface area contributed by atoms with E-state index in [1.807, 2.05) is 64.1 Å². The highest BCUT2D eigenvalue weighted by molar-refractivity contribution is 5.93. The van der Waals surface area contributed by atoms with Gasteiger partial charge in [-0.25, -0.2) is 9.97 Å². The fourth-order valence-electron chi connectivity index (χ4n) is 4.28. The normalized spacial score (nSPS) is 14.6. The molecule has 0 spiro atoms. The van der Waals surface area contributed by atoms with E-state index >= 15 is 0 Å². The van der Waals surface area contributed by atoms with Crippen LogP contribution >= 0.6 is 0 Å². The Morgan fingerprint density at radius 3 is 2.35 bits per heavy atom. The van der Waals surface area contributed by atoms with Gasteiger partial charge in [-0.1, -0.05) is 60.7 Å². The Bertz CT molecular complexity index is 1250. The van der Waals surface area contributed by atoms with Crippen LogP contribution in [0.5, 0.6) is 0 Å². The summed E-state index contributed by atoms with van der Waals surface area (Å²) in [7, 11) is 0. The molecule has 1 amide bonds. The van der Waals surface area contributed by atoms with Crippen LogP contribution in [0.25, 0.3) is 17.2 Å². The summed E-state index contributed by atoms with van der Waals surface area (Å²) < 4.78 is 1.88. The molecule has 0 bridgehead atoms. The Kier molecular flexibility index (Phi) is 6.33. The Morgan fingerprint density at radius 1 is 0.912 bits per heavy atom. The molecule has 2 aromatic heterocycles. The second kappa shape index (κ2) is 9.87. The number of nitrogens with one attached hydrogen (secondary N) is 1. The average molecular weight is 453 g/mol. The highest BCUT2D eigenvalue weighted by Gasteiger charge is 2.23. The number of likely N-dealkylation sites (tertiary alicyclic amines) is 1. The minimum atomic E-state index is -0.0271. The van der Waals surface area contributed by atoms with E-state index in [9.17, 15) is 4.79 Å². The summed E-state index contributed by atoms with van der Waals surface area (Å²) in [6.45, 7) is 3.64. The van der Waals surface area contributed by atoms with Crippen molar-refractivity contribution in [1.82, 2.24) is 24.4 Å². The van der Waals surface area contributed by atoms with Crippen LogP contribution in [0, 0.1) is 0 Å². The summed E-state index contributed by atoms with van der Waals surface area (Å²) >= 11 is 0. The molecule has 0 aliphatic carbocycles. The third kappa shape index (κ3) is 4.69. The maximum atomic E-state index is 13.2. The zero-order valence-corrected chi connectivity index (χ0v) is 19.3. The molecule has 1 atom stereocenters. The highest BCUT2D eigenvalue weighted by atomic mass is 16.2. The first-order valence-electron chi connectivity index (χ1n) is 11.8. The number of hydrogen-bond acceptors (Lipinski definition) is 5. The standard InChI is InChI=1S/C27H28N6O/c1-20(21-11-5-2-6-12-21)29-27-28-16-15-24(31-27)33-19-23(26(34)32-17-9-4-10-18-32)30-25(33)22-13-7-3-8-14-22/h2-3,5-8,11-16,19-20H,4,9-10,17-18H2,1H3,(H,28,29,31)/t20-/m0/s1. The summed E-state index contributed by atoms with van der Waals surface area (Å²) in [5.41, 5.74) is 2.51. The van der Waals surface area contributed by atoms with Crippen molar-refractivity contribution in [3.63, 3.8) is 0 Å². The molecule has 0 radical (unpaired) electrons. The van der Waals surface area contributed by atoms with Gasteiger partial charge >= 0.3 is 0 Å². The van der Waals surface area contributed by atoms with Crippen LogP contribution < -0.4 is 5.32 Å². The molecule has 5 rings (SSSR count). The molecule has 0 saturated carbocycles. The van der Waals surface area contributed by atoms with Crippen molar-refractivity contribution in [1.29, 1.82) is 0 Å². The molecule has 1 N–H and O–H groups in total. The lowest BCUT2D eigenvalue weighted by Gasteiger charge is -2.25. The molecule has 1 aliphatic heterocycles. The predicted octanol–water partition coefficient (Wildman–Crippen LogP) is 5.13. The molecule has 1 aliphatic rings. The van der Waals surface area contributed by atoms with E-state index < -0.39 is 0 Å². The highest BCUT2D eigenvalue weighted by Crippen LogP contribution is 2.24. The molecular formula is C27H28N6O. The Balaban J connectivity index is 1.49. The fourth-order valence-corrected chi connectivity index (χ4v) is 4.28. The topological polar surface area (TPSA) is 75.9 Å². The quantitative estimate of drug-likeness (QED) is 0.439. The number of aromatic nitrogens is 4. The van der Waals surface area contributed by atoms with Gasteiger partial charge in [-0.2, -0.15) is 4.98 Å². The molecule has 7 heteroatoms. The molecule has 34 heavy (non-hydrogen) atoms. The van der Waals surface area contributed by atoms with E-state index in [-0.39, 0.29) is 11.9 Å². The van der Waals surface area contributed by atoms with Gasteiger partial charge in [0.25, 0.3) is 5.91 Å². The Hall–Kier alpha value is -4.00. The molecule has 172 valence electrons. The monoisotopic (exact) mass is 452 g/mol. The minimum absolute atomic E-state index is 0.0271. The number of nitrogens with zero attached hydrogens (tertiary/aromatic N) is 5. The van der Waals surface area contributed by atoms with Gasteiger partial charge in [0.15, 0.2) is 0 Å². The smallest absolute Gasteiger partial charge is 0.274 e. The van der Waals surface area contributed by atoms with Gasteiger partial charge in [0.2, 0.25) is 5.95 Å². The third-order valence-electron chi connectivity index (χ3n) is 6.13. The van der Waals surface area contributed by atoms with Crippen molar-refractivity contribution in [2.45, 2.75) is 32.2 Å². The predicted molar refractivity (Wildman–Crippen MR) is 133 cm³/mol. The number of benzene rings is 2. The van der Waals surface area contributed by atoms with E-state index in [4.69, 9.17) is 9.97 Å². The lowest BCUT2D eigenvalue weighted by atomic mass is 10.1. The van der Waals surface area contributed by atoms with Crippen molar-refractivity contribution in [2.24, 2.45) is 0 Å². The summed E-state index contributed by atoms with van der Waals surface area (Å²) in [4.78, 5) is 29.0. The van der Waals surface area contributed by atoms with Crippen LogP contribution in [0.3, 0.4) is 0 Å². The first-order chi connectivity index (χ1) is 16.7.